The molecule has 0 radical (unpaired) electrons. The van der Waals surface area contributed by atoms with E-state index in [1.807, 2.05) is 18.2 Å². The molecule has 0 aliphatic heterocycles. The van der Waals surface area contributed by atoms with Gasteiger partial charge in [0.1, 0.15) is 6.10 Å². The summed E-state index contributed by atoms with van der Waals surface area (Å²) in [4.78, 5) is 12.0. The van der Waals surface area contributed by atoms with Crippen molar-refractivity contribution in [3.05, 3.63) is 77.9 Å². The average Bonchev–Trinajstić information content (AvgIpc) is 2.47. The largest absolute Gasteiger partial charge is 0.380 e. The Hall–Kier alpha value is -2.19. The molecule has 2 nitrogen and oxygen atoms in total. The molecule has 0 aliphatic carbocycles. The predicted molar refractivity (Wildman–Crippen MR) is 72.3 cm³/mol. The maximum Gasteiger partial charge on any atom is 0.195 e. The Morgan fingerprint density at radius 2 is 1.67 bits per heavy atom. The Bertz CT molecular complexity index is 541. The standard InChI is InChI=1S/C16H14O2/c1-2-12-8-10-14(11-9-12)16(18)15(17)13-6-4-3-5-7-13/h2-11,16,18H,1H2. The Morgan fingerprint density at radius 3 is 2.22 bits per heavy atom. The summed E-state index contributed by atoms with van der Waals surface area (Å²) in [5.41, 5.74) is 2.06. The number of ketones is 1. The summed E-state index contributed by atoms with van der Waals surface area (Å²) in [6, 6.07) is 15.9. The van der Waals surface area contributed by atoms with Crippen molar-refractivity contribution in [1.82, 2.24) is 0 Å². The normalized spacial score (nSPS) is 11.8. The Morgan fingerprint density at radius 1 is 1.06 bits per heavy atom. The van der Waals surface area contributed by atoms with Crippen molar-refractivity contribution in [2.24, 2.45) is 0 Å². The van der Waals surface area contributed by atoms with Gasteiger partial charge in [0.15, 0.2) is 5.78 Å². The maximum absolute atomic E-state index is 12.0. The molecule has 18 heavy (non-hydrogen) atoms. The van der Waals surface area contributed by atoms with Crippen LogP contribution in [0.3, 0.4) is 0 Å². The lowest BCUT2D eigenvalue weighted by Gasteiger charge is -2.10. The maximum atomic E-state index is 12.0. The molecule has 0 fully saturated rings. The van der Waals surface area contributed by atoms with Gasteiger partial charge in [0.25, 0.3) is 0 Å². The molecule has 0 aliphatic rings. The summed E-state index contributed by atoms with van der Waals surface area (Å²) in [6.45, 7) is 3.66. The first kappa shape index (κ1) is 12.3. The highest BCUT2D eigenvalue weighted by Gasteiger charge is 2.18. The van der Waals surface area contributed by atoms with Crippen LogP contribution in [0, 0.1) is 0 Å². The summed E-state index contributed by atoms with van der Waals surface area (Å²) in [5, 5.41) is 10.0. The van der Waals surface area contributed by atoms with E-state index >= 15 is 0 Å². The molecule has 2 aromatic carbocycles. The molecule has 0 aromatic heterocycles. The van der Waals surface area contributed by atoms with E-state index in [1.165, 1.54) is 0 Å². The van der Waals surface area contributed by atoms with Crippen LogP contribution in [0.1, 0.15) is 27.6 Å². The van der Waals surface area contributed by atoms with Crippen LogP contribution in [0.15, 0.2) is 61.2 Å². The quantitative estimate of drug-likeness (QED) is 0.830. The Labute approximate surface area is 106 Å². The predicted octanol–water partition coefficient (Wildman–Crippen LogP) is 3.25. The molecule has 2 rings (SSSR count). The van der Waals surface area contributed by atoms with Crippen LogP contribution in [0.25, 0.3) is 6.08 Å². The fraction of sp³-hybridized carbons (Fsp3) is 0.0625. The highest BCUT2D eigenvalue weighted by molar-refractivity contribution is 5.99. The summed E-state index contributed by atoms with van der Waals surface area (Å²) >= 11 is 0. The molecule has 2 aromatic rings. The Balaban J connectivity index is 2.22. The lowest BCUT2D eigenvalue weighted by atomic mass is 9.99. The molecule has 1 N–H and O–H groups in total. The number of carbonyl (C=O) groups is 1. The molecule has 0 saturated heterocycles. The average molecular weight is 238 g/mol. The number of benzene rings is 2. The van der Waals surface area contributed by atoms with Gasteiger partial charge in [0.2, 0.25) is 0 Å². The minimum absolute atomic E-state index is 0.290. The SMILES string of the molecule is C=Cc1ccc(C(O)C(=O)c2ccccc2)cc1. The fourth-order valence-corrected chi connectivity index (χ4v) is 1.73. The van der Waals surface area contributed by atoms with E-state index < -0.39 is 6.10 Å². The van der Waals surface area contributed by atoms with Crippen LogP contribution in [0.5, 0.6) is 0 Å². The lowest BCUT2D eigenvalue weighted by molar-refractivity contribution is 0.0747. The van der Waals surface area contributed by atoms with Crippen molar-refractivity contribution < 1.29 is 9.90 Å². The molecular formula is C16H14O2. The highest BCUT2D eigenvalue weighted by atomic mass is 16.3. The third kappa shape index (κ3) is 2.55. The van der Waals surface area contributed by atoms with Crippen molar-refractivity contribution in [1.29, 1.82) is 0 Å². The molecule has 1 atom stereocenters. The van der Waals surface area contributed by atoms with Crippen molar-refractivity contribution in [2.75, 3.05) is 0 Å². The Kier molecular flexibility index (Phi) is 3.70. The highest BCUT2D eigenvalue weighted by Crippen LogP contribution is 2.19. The van der Waals surface area contributed by atoms with Crippen molar-refractivity contribution in [3.8, 4) is 0 Å². The molecule has 0 saturated carbocycles. The summed E-state index contributed by atoms with van der Waals surface area (Å²) in [6.07, 6.45) is 0.598. The molecule has 0 amide bonds. The van der Waals surface area contributed by atoms with Gasteiger partial charge in [0, 0.05) is 5.56 Å². The van der Waals surface area contributed by atoms with E-state index in [-0.39, 0.29) is 5.78 Å². The van der Waals surface area contributed by atoms with E-state index in [4.69, 9.17) is 0 Å². The number of aliphatic hydroxyl groups excluding tert-OH is 1. The first-order valence-electron chi connectivity index (χ1n) is 5.72. The minimum Gasteiger partial charge on any atom is -0.380 e. The number of Topliss-reactive ketones (excluding diaryl/α,β-unsaturated/α-hetero) is 1. The van der Waals surface area contributed by atoms with E-state index in [9.17, 15) is 9.90 Å². The van der Waals surface area contributed by atoms with Crippen LogP contribution in [-0.2, 0) is 0 Å². The molecule has 0 heterocycles. The van der Waals surface area contributed by atoms with E-state index in [0.717, 1.165) is 5.56 Å². The molecule has 0 spiro atoms. The second-order valence-electron chi connectivity index (χ2n) is 4.00. The zero-order valence-corrected chi connectivity index (χ0v) is 9.91. The van der Waals surface area contributed by atoms with Gasteiger partial charge >= 0.3 is 0 Å². The second kappa shape index (κ2) is 5.43. The van der Waals surface area contributed by atoms with Crippen molar-refractivity contribution in [2.45, 2.75) is 6.10 Å². The van der Waals surface area contributed by atoms with Crippen molar-refractivity contribution >= 4 is 11.9 Å². The van der Waals surface area contributed by atoms with Gasteiger partial charge in [-0.05, 0) is 11.1 Å². The summed E-state index contributed by atoms with van der Waals surface area (Å²) in [7, 11) is 0. The van der Waals surface area contributed by atoms with Crippen LogP contribution in [0.4, 0.5) is 0 Å². The molecular weight excluding hydrogens is 224 g/mol. The molecule has 90 valence electrons. The van der Waals surface area contributed by atoms with Gasteiger partial charge in [-0.3, -0.25) is 4.79 Å². The monoisotopic (exact) mass is 238 g/mol. The van der Waals surface area contributed by atoms with Gasteiger partial charge in [0.05, 0.1) is 0 Å². The third-order valence-electron chi connectivity index (χ3n) is 2.79. The first-order chi connectivity index (χ1) is 8.72. The van der Waals surface area contributed by atoms with Crippen LogP contribution in [-0.4, -0.2) is 10.9 Å². The number of hydrogen-bond donors (Lipinski definition) is 1. The number of aliphatic hydroxyl groups is 1. The number of hydrogen-bond acceptors (Lipinski definition) is 2. The summed E-state index contributed by atoms with van der Waals surface area (Å²) in [5.74, 6) is -0.290. The van der Waals surface area contributed by atoms with Crippen LogP contribution < -0.4 is 0 Å². The first-order valence-corrected chi connectivity index (χ1v) is 5.72. The molecule has 0 bridgehead atoms. The van der Waals surface area contributed by atoms with E-state index in [0.29, 0.717) is 11.1 Å². The molecule has 2 heteroatoms. The zero-order chi connectivity index (χ0) is 13.0. The van der Waals surface area contributed by atoms with Gasteiger partial charge in [-0.2, -0.15) is 0 Å². The van der Waals surface area contributed by atoms with E-state index in [1.54, 1.807) is 42.5 Å². The minimum atomic E-state index is -1.12. The van der Waals surface area contributed by atoms with Crippen molar-refractivity contribution in [3.63, 3.8) is 0 Å². The molecule has 1 unspecified atom stereocenters. The van der Waals surface area contributed by atoms with Crippen LogP contribution in [0.2, 0.25) is 0 Å². The lowest BCUT2D eigenvalue weighted by Crippen LogP contribution is -2.12. The topological polar surface area (TPSA) is 37.3 Å². The summed E-state index contributed by atoms with van der Waals surface area (Å²) < 4.78 is 0. The fourth-order valence-electron chi connectivity index (χ4n) is 1.73. The third-order valence-corrected chi connectivity index (χ3v) is 2.79. The van der Waals surface area contributed by atoms with Gasteiger partial charge < -0.3 is 5.11 Å². The second-order valence-corrected chi connectivity index (χ2v) is 4.00. The van der Waals surface area contributed by atoms with Gasteiger partial charge in [-0.1, -0.05) is 67.3 Å². The zero-order valence-electron chi connectivity index (χ0n) is 9.91. The van der Waals surface area contributed by atoms with Gasteiger partial charge in [-0.25, -0.2) is 0 Å². The van der Waals surface area contributed by atoms with E-state index in [2.05, 4.69) is 6.58 Å². The van der Waals surface area contributed by atoms with Crippen LogP contribution >= 0.6 is 0 Å². The van der Waals surface area contributed by atoms with Gasteiger partial charge in [-0.15, -0.1) is 0 Å². The number of rotatable bonds is 4. The number of carbonyl (C=O) groups excluding carboxylic acids is 1. The smallest absolute Gasteiger partial charge is 0.195 e.